The molecular formula is C13H13BrClNOS. The number of ether oxygens (including phenoxy) is 1. The van der Waals surface area contributed by atoms with Gasteiger partial charge in [-0.05, 0) is 46.7 Å². The molecule has 1 aromatic heterocycles. The standard InChI is InChI=1S/C13H13BrClNOS/c1-16-12(11-7-10(14)13(15)18-11)8-4-3-5-9(6-8)17-2/h3-7,12,16H,1-2H3. The van der Waals surface area contributed by atoms with E-state index in [2.05, 4.69) is 27.3 Å². The average molecular weight is 347 g/mol. The van der Waals surface area contributed by atoms with E-state index in [0.717, 1.165) is 20.1 Å². The van der Waals surface area contributed by atoms with Crippen LogP contribution in [0.2, 0.25) is 4.34 Å². The van der Waals surface area contributed by atoms with Crippen LogP contribution >= 0.6 is 38.9 Å². The second kappa shape index (κ2) is 6.06. The van der Waals surface area contributed by atoms with Gasteiger partial charge in [-0.1, -0.05) is 23.7 Å². The first kappa shape index (κ1) is 13.9. The summed E-state index contributed by atoms with van der Waals surface area (Å²) in [5.41, 5.74) is 1.15. The maximum absolute atomic E-state index is 6.10. The van der Waals surface area contributed by atoms with Gasteiger partial charge in [0, 0.05) is 9.35 Å². The van der Waals surface area contributed by atoms with E-state index in [4.69, 9.17) is 16.3 Å². The third-order valence-corrected chi connectivity index (χ3v) is 5.20. The van der Waals surface area contributed by atoms with Crippen molar-refractivity contribution in [1.29, 1.82) is 0 Å². The maximum atomic E-state index is 6.10. The molecule has 18 heavy (non-hydrogen) atoms. The highest BCUT2D eigenvalue weighted by Gasteiger charge is 2.16. The summed E-state index contributed by atoms with van der Waals surface area (Å²) in [6, 6.07) is 10.2. The number of methoxy groups -OCH3 is 1. The minimum atomic E-state index is 0.119. The monoisotopic (exact) mass is 345 g/mol. The molecular weight excluding hydrogens is 334 g/mol. The number of hydrogen-bond acceptors (Lipinski definition) is 3. The molecule has 0 aliphatic heterocycles. The summed E-state index contributed by atoms with van der Waals surface area (Å²) in [6.07, 6.45) is 0. The van der Waals surface area contributed by atoms with E-state index in [0.29, 0.717) is 0 Å². The van der Waals surface area contributed by atoms with Gasteiger partial charge in [0.1, 0.15) is 10.1 Å². The van der Waals surface area contributed by atoms with Crippen LogP contribution in [0.3, 0.4) is 0 Å². The largest absolute Gasteiger partial charge is 0.497 e. The lowest BCUT2D eigenvalue weighted by Crippen LogP contribution is -2.16. The Hall–Kier alpha value is -0.550. The minimum absolute atomic E-state index is 0.119. The summed E-state index contributed by atoms with van der Waals surface area (Å²) in [6.45, 7) is 0. The summed E-state index contributed by atoms with van der Waals surface area (Å²) >= 11 is 11.1. The zero-order chi connectivity index (χ0) is 13.1. The van der Waals surface area contributed by atoms with Crippen LogP contribution in [0.5, 0.6) is 5.75 Å². The molecule has 96 valence electrons. The van der Waals surface area contributed by atoms with Crippen molar-refractivity contribution in [3.8, 4) is 5.75 Å². The summed E-state index contributed by atoms with van der Waals surface area (Å²) in [5, 5.41) is 3.30. The third kappa shape index (κ3) is 2.88. The lowest BCUT2D eigenvalue weighted by atomic mass is 10.1. The molecule has 0 saturated heterocycles. The van der Waals surface area contributed by atoms with Crippen molar-refractivity contribution in [2.24, 2.45) is 0 Å². The van der Waals surface area contributed by atoms with Gasteiger partial charge in [0.2, 0.25) is 0 Å². The zero-order valence-electron chi connectivity index (χ0n) is 10.0. The highest BCUT2D eigenvalue weighted by atomic mass is 79.9. The molecule has 0 spiro atoms. The van der Waals surface area contributed by atoms with Gasteiger partial charge in [-0.15, -0.1) is 11.3 Å². The van der Waals surface area contributed by atoms with E-state index in [-0.39, 0.29) is 6.04 Å². The van der Waals surface area contributed by atoms with E-state index in [1.54, 1.807) is 18.4 Å². The Labute approximate surface area is 124 Å². The number of benzene rings is 1. The molecule has 0 fully saturated rings. The van der Waals surface area contributed by atoms with Gasteiger partial charge in [-0.25, -0.2) is 0 Å². The van der Waals surface area contributed by atoms with E-state index in [1.807, 2.05) is 31.3 Å². The van der Waals surface area contributed by atoms with E-state index in [9.17, 15) is 0 Å². The third-order valence-electron chi connectivity index (χ3n) is 2.66. The van der Waals surface area contributed by atoms with Crippen molar-refractivity contribution < 1.29 is 4.74 Å². The topological polar surface area (TPSA) is 21.3 Å². The van der Waals surface area contributed by atoms with Crippen molar-refractivity contribution in [2.75, 3.05) is 14.2 Å². The first-order chi connectivity index (χ1) is 8.65. The number of hydrogen-bond donors (Lipinski definition) is 1. The molecule has 0 amide bonds. The Morgan fingerprint density at radius 3 is 2.72 bits per heavy atom. The van der Waals surface area contributed by atoms with Crippen LogP contribution in [0.15, 0.2) is 34.8 Å². The first-order valence-corrected chi connectivity index (χ1v) is 7.40. The smallest absolute Gasteiger partial charge is 0.119 e. The number of nitrogens with one attached hydrogen (secondary N) is 1. The maximum Gasteiger partial charge on any atom is 0.119 e. The van der Waals surface area contributed by atoms with Crippen LogP contribution in [0.4, 0.5) is 0 Å². The fourth-order valence-electron chi connectivity index (χ4n) is 1.80. The Morgan fingerprint density at radius 1 is 1.39 bits per heavy atom. The predicted octanol–water partition coefficient (Wildman–Crippen LogP) is 4.48. The first-order valence-electron chi connectivity index (χ1n) is 5.41. The summed E-state index contributed by atoms with van der Waals surface area (Å²) < 4.78 is 6.96. The zero-order valence-corrected chi connectivity index (χ0v) is 13.2. The van der Waals surface area contributed by atoms with Crippen LogP contribution in [-0.4, -0.2) is 14.2 Å². The van der Waals surface area contributed by atoms with Crippen molar-refractivity contribution in [3.63, 3.8) is 0 Å². The highest BCUT2D eigenvalue weighted by Crippen LogP contribution is 2.37. The van der Waals surface area contributed by atoms with E-state index >= 15 is 0 Å². The number of thiophene rings is 1. The molecule has 0 radical (unpaired) electrons. The molecule has 1 N–H and O–H groups in total. The van der Waals surface area contributed by atoms with Gasteiger partial charge in [0.15, 0.2) is 0 Å². The number of rotatable bonds is 4. The van der Waals surface area contributed by atoms with Crippen LogP contribution < -0.4 is 10.1 Å². The van der Waals surface area contributed by atoms with Gasteiger partial charge in [-0.3, -0.25) is 0 Å². The molecule has 0 bridgehead atoms. The van der Waals surface area contributed by atoms with Crippen LogP contribution in [0.25, 0.3) is 0 Å². The molecule has 0 aliphatic carbocycles. The average Bonchev–Trinajstić information content (AvgIpc) is 2.70. The van der Waals surface area contributed by atoms with E-state index < -0.39 is 0 Å². The Morgan fingerprint density at radius 2 is 2.17 bits per heavy atom. The molecule has 2 nitrogen and oxygen atoms in total. The van der Waals surface area contributed by atoms with Crippen molar-refractivity contribution in [1.82, 2.24) is 5.32 Å². The molecule has 0 aliphatic rings. The Kier molecular flexibility index (Phi) is 4.67. The molecule has 2 rings (SSSR count). The number of halogens is 2. The van der Waals surface area contributed by atoms with Crippen LogP contribution in [0.1, 0.15) is 16.5 Å². The normalized spacial score (nSPS) is 12.4. The molecule has 0 saturated carbocycles. The second-order valence-electron chi connectivity index (χ2n) is 3.77. The lowest BCUT2D eigenvalue weighted by Gasteiger charge is -2.15. The van der Waals surface area contributed by atoms with E-state index in [1.165, 1.54) is 4.88 Å². The van der Waals surface area contributed by atoms with Crippen LogP contribution in [0, 0.1) is 0 Å². The van der Waals surface area contributed by atoms with Crippen LogP contribution in [-0.2, 0) is 0 Å². The van der Waals surface area contributed by atoms with Crippen molar-refractivity contribution in [2.45, 2.75) is 6.04 Å². The Bertz CT molecular complexity index is 524. The fourth-order valence-corrected chi connectivity index (χ4v) is 3.67. The van der Waals surface area contributed by atoms with Gasteiger partial charge in [-0.2, -0.15) is 0 Å². The quantitative estimate of drug-likeness (QED) is 0.881. The predicted molar refractivity (Wildman–Crippen MR) is 80.9 cm³/mol. The highest BCUT2D eigenvalue weighted by molar-refractivity contribution is 9.10. The molecule has 1 unspecified atom stereocenters. The summed E-state index contributed by atoms with van der Waals surface area (Å²) in [5.74, 6) is 0.856. The molecule has 1 aromatic carbocycles. The van der Waals surface area contributed by atoms with Gasteiger partial charge in [0.25, 0.3) is 0 Å². The van der Waals surface area contributed by atoms with Gasteiger partial charge < -0.3 is 10.1 Å². The second-order valence-corrected chi connectivity index (χ2v) is 6.31. The Balaban J connectivity index is 2.38. The molecule has 1 atom stereocenters. The van der Waals surface area contributed by atoms with Gasteiger partial charge in [0.05, 0.1) is 13.2 Å². The minimum Gasteiger partial charge on any atom is -0.497 e. The summed E-state index contributed by atoms with van der Waals surface area (Å²) in [7, 11) is 3.61. The fraction of sp³-hybridized carbons (Fsp3) is 0.231. The molecule has 5 heteroatoms. The lowest BCUT2D eigenvalue weighted by molar-refractivity contribution is 0.414. The van der Waals surface area contributed by atoms with Crippen molar-refractivity contribution in [3.05, 3.63) is 49.6 Å². The SMILES string of the molecule is CNC(c1cccc(OC)c1)c1cc(Br)c(Cl)s1. The van der Waals surface area contributed by atoms with Crippen molar-refractivity contribution >= 4 is 38.9 Å². The molecule has 2 aromatic rings. The van der Waals surface area contributed by atoms with Gasteiger partial charge >= 0.3 is 0 Å². The summed E-state index contributed by atoms with van der Waals surface area (Å²) in [4.78, 5) is 1.17. The molecule has 1 heterocycles.